The van der Waals surface area contributed by atoms with Crippen molar-refractivity contribution in [1.82, 2.24) is 10.2 Å². The summed E-state index contributed by atoms with van der Waals surface area (Å²) in [5.41, 5.74) is 2.20. The zero-order valence-corrected chi connectivity index (χ0v) is 23.2. The molecule has 2 aromatic carbocycles. The Hall–Kier alpha value is -3.06. The lowest BCUT2D eigenvalue weighted by molar-refractivity contribution is -0.141. The fourth-order valence-corrected chi connectivity index (χ4v) is 4.16. The van der Waals surface area contributed by atoms with Crippen LogP contribution in [-0.2, 0) is 14.3 Å². The van der Waals surface area contributed by atoms with Crippen LogP contribution in [0.1, 0.15) is 64.3 Å². The number of benzene rings is 2. The number of aryl methyl sites for hydroxylation is 2. The van der Waals surface area contributed by atoms with Gasteiger partial charge >= 0.3 is 6.09 Å². The maximum atomic E-state index is 13.9. The molecule has 0 aliphatic rings. The molecule has 0 aliphatic carbocycles. The highest BCUT2D eigenvalue weighted by molar-refractivity contribution is 6.34. The van der Waals surface area contributed by atoms with E-state index in [1.165, 1.54) is 4.90 Å². The van der Waals surface area contributed by atoms with Crippen molar-refractivity contribution >= 4 is 35.2 Å². The minimum atomic E-state index is -0.945. The summed E-state index contributed by atoms with van der Waals surface area (Å²) in [6, 6.07) is 11.0. The molecule has 0 saturated heterocycles. The van der Waals surface area contributed by atoms with Crippen LogP contribution in [0.5, 0.6) is 0 Å². The van der Waals surface area contributed by atoms with Gasteiger partial charge in [0.15, 0.2) is 0 Å². The molecule has 196 valence electrons. The Kier molecular flexibility index (Phi) is 9.93. The van der Waals surface area contributed by atoms with E-state index in [1.807, 2.05) is 64.1 Å². The van der Waals surface area contributed by atoms with Crippen LogP contribution in [0.2, 0.25) is 5.02 Å². The molecule has 7 nitrogen and oxygen atoms in total. The number of amides is 3. The number of halogens is 1. The topological polar surface area (TPSA) is 87.7 Å². The number of carbonyl (C=O) groups is 3. The Balaban J connectivity index is 2.48. The first kappa shape index (κ1) is 29.2. The lowest BCUT2D eigenvalue weighted by atomic mass is 9.98. The number of para-hydroxylation sites is 1. The molecule has 2 aromatic rings. The zero-order chi connectivity index (χ0) is 27.2. The van der Waals surface area contributed by atoms with Gasteiger partial charge in [-0.15, -0.1) is 0 Å². The van der Waals surface area contributed by atoms with Gasteiger partial charge in [-0.05, 0) is 64.7 Å². The van der Waals surface area contributed by atoms with Gasteiger partial charge in [0.1, 0.15) is 17.7 Å². The molecule has 2 N–H and O–H groups in total. The Morgan fingerprint density at radius 2 is 1.69 bits per heavy atom. The molecule has 3 amide bonds. The summed E-state index contributed by atoms with van der Waals surface area (Å²) in [6.07, 6.45) is -0.686. The minimum absolute atomic E-state index is 0.242. The number of nitrogens with one attached hydrogen (secondary N) is 2. The molecule has 0 saturated carbocycles. The fourth-order valence-electron chi connectivity index (χ4n) is 3.89. The molecule has 0 bridgehead atoms. The van der Waals surface area contributed by atoms with E-state index in [1.54, 1.807) is 33.8 Å². The SMILES string of the molecule is CCN(C(=O)C(NC(=O)OC(C)(C)C)C(C)C)C(C(=O)Nc1c(C)cccc1Cl)c1cccc(C)c1. The van der Waals surface area contributed by atoms with E-state index in [0.29, 0.717) is 16.3 Å². The number of nitrogens with zero attached hydrogens (tertiary/aromatic N) is 1. The number of hydrogen-bond donors (Lipinski definition) is 2. The molecule has 36 heavy (non-hydrogen) atoms. The molecular formula is C28H38ClN3O4. The molecule has 0 aromatic heterocycles. The second kappa shape index (κ2) is 12.3. The lowest BCUT2D eigenvalue weighted by Crippen LogP contribution is -2.54. The van der Waals surface area contributed by atoms with Gasteiger partial charge in [0.2, 0.25) is 5.91 Å². The highest BCUT2D eigenvalue weighted by atomic mass is 35.5. The third kappa shape index (κ3) is 7.72. The van der Waals surface area contributed by atoms with Gasteiger partial charge in [0, 0.05) is 6.54 Å². The third-order valence-corrected chi connectivity index (χ3v) is 5.93. The summed E-state index contributed by atoms with van der Waals surface area (Å²) >= 11 is 6.37. The summed E-state index contributed by atoms with van der Waals surface area (Å²) in [5.74, 6) is -1.02. The largest absolute Gasteiger partial charge is 0.444 e. The van der Waals surface area contributed by atoms with Crippen molar-refractivity contribution in [3.05, 3.63) is 64.2 Å². The molecule has 0 heterocycles. The van der Waals surface area contributed by atoms with Crippen LogP contribution >= 0.6 is 11.6 Å². The van der Waals surface area contributed by atoms with Gasteiger partial charge in [-0.25, -0.2) is 4.79 Å². The van der Waals surface area contributed by atoms with E-state index < -0.39 is 29.7 Å². The summed E-state index contributed by atoms with van der Waals surface area (Å²) in [6.45, 7) is 14.8. The maximum absolute atomic E-state index is 13.9. The molecule has 8 heteroatoms. The van der Waals surface area contributed by atoms with Crippen LogP contribution < -0.4 is 10.6 Å². The van der Waals surface area contributed by atoms with Crippen molar-refractivity contribution in [3.63, 3.8) is 0 Å². The van der Waals surface area contributed by atoms with Gasteiger partial charge < -0.3 is 20.3 Å². The molecule has 0 fully saturated rings. The molecule has 0 radical (unpaired) electrons. The number of ether oxygens (including phenoxy) is 1. The number of carbonyl (C=O) groups excluding carboxylic acids is 3. The average molecular weight is 516 g/mol. The van der Waals surface area contributed by atoms with E-state index >= 15 is 0 Å². The van der Waals surface area contributed by atoms with Crippen molar-refractivity contribution in [1.29, 1.82) is 0 Å². The van der Waals surface area contributed by atoms with E-state index in [2.05, 4.69) is 10.6 Å². The molecule has 2 atom stereocenters. The summed E-state index contributed by atoms with van der Waals surface area (Å²) in [5, 5.41) is 6.05. The van der Waals surface area contributed by atoms with E-state index in [4.69, 9.17) is 16.3 Å². The number of likely N-dealkylation sites (N-methyl/N-ethyl adjacent to an activating group) is 1. The van der Waals surface area contributed by atoms with Crippen LogP contribution in [0.25, 0.3) is 0 Å². The Morgan fingerprint density at radius 3 is 2.22 bits per heavy atom. The first-order valence-electron chi connectivity index (χ1n) is 12.2. The third-order valence-electron chi connectivity index (χ3n) is 5.62. The standard InChI is InChI=1S/C28H38ClN3O4/c1-9-32(26(34)22(17(2)3)31-27(35)36-28(6,7)8)24(20-14-10-12-18(4)16-20)25(33)30-23-19(5)13-11-15-21(23)29/h10-17,22,24H,9H2,1-8H3,(H,30,33)(H,31,35). The Bertz CT molecular complexity index is 1070. The number of rotatable bonds is 8. The molecular weight excluding hydrogens is 478 g/mol. The predicted octanol–water partition coefficient (Wildman–Crippen LogP) is 6.03. The van der Waals surface area contributed by atoms with Crippen LogP contribution in [0.4, 0.5) is 10.5 Å². The summed E-state index contributed by atoms with van der Waals surface area (Å²) in [4.78, 5) is 41.6. The number of anilines is 1. The zero-order valence-electron chi connectivity index (χ0n) is 22.4. The first-order chi connectivity index (χ1) is 16.7. The van der Waals surface area contributed by atoms with Crippen LogP contribution in [0, 0.1) is 19.8 Å². The average Bonchev–Trinajstić information content (AvgIpc) is 2.76. The van der Waals surface area contributed by atoms with Crippen molar-refractivity contribution in [2.45, 2.75) is 73.1 Å². The number of hydrogen-bond acceptors (Lipinski definition) is 4. The monoisotopic (exact) mass is 515 g/mol. The maximum Gasteiger partial charge on any atom is 0.408 e. The van der Waals surface area contributed by atoms with Crippen LogP contribution in [0.3, 0.4) is 0 Å². The van der Waals surface area contributed by atoms with Crippen LogP contribution in [0.15, 0.2) is 42.5 Å². The summed E-state index contributed by atoms with van der Waals surface area (Å²) < 4.78 is 5.38. The Labute approximate surface area is 219 Å². The minimum Gasteiger partial charge on any atom is -0.444 e. The molecule has 0 aliphatic heterocycles. The second-order valence-electron chi connectivity index (χ2n) is 10.2. The molecule has 0 spiro atoms. The van der Waals surface area contributed by atoms with E-state index in [9.17, 15) is 14.4 Å². The van der Waals surface area contributed by atoms with Crippen molar-refractivity contribution in [2.75, 3.05) is 11.9 Å². The summed E-state index contributed by atoms with van der Waals surface area (Å²) in [7, 11) is 0. The van der Waals surface area contributed by atoms with Crippen molar-refractivity contribution in [2.24, 2.45) is 5.92 Å². The van der Waals surface area contributed by atoms with Gasteiger partial charge in [-0.3, -0.25) is 9.59 Å². The van der Waals surface area contributed by atoms with Gasteiger partial charge in [-0.2, -0.15) is 0 Å². The first-order valence-corrected chi connectivity index (χ1v) is 12.6. The second-order valence-corrected chi connectivity index (χ2v) is 10.6. The number of alkyl carbamates (subject to hydrolysis) is 1. The highest BCUT2D eigenvalue weighted by Gasteiger charge is 2.37. The van der Waals surface area contributed by atoms with Crippen molar-refractivity contribution in [3.8, 4) is 0 Å². The molecule has 2 rings (SSSR count). The smallest absolute Gasteiger partial charge is 0.408 e. The fraction of sp³-hybridized carbons (Fsp3) is 0.464. The van der Waals surface area contributed by atoms with Gasteiger partial charge in [0.05, 0.1) is 10.7 Å². The van der Waals surface area contributed by atoms with Crippen molar-refractivity contribution < 1.29 is 19.1 Å². The molecule has 2 unspecified atom stereocenters. The highest BCUT2D eigenvalue weighted by Crippen LogP contribution is 2.30. The lowest BCUT2D eigenvalue weighted by Gasteiger charge is -2.35. The quantitative estimate of drug-likeness (QED) is 0.449. The normalized spacial score (nSPS) is 13.1. The van der Waals surface area contributed by atoms with E-state index in [-0.39, 0.29) is 18.4 Å². The Morgan fingerprint density at radius 1 is 1.06 bits per heavy atom. The van der Waals surface area contributed by atoms with Crippen LogP contribution in [-0.4, -0.2) is 41.0 Å². The van der Waals surface area contributed by atoms with Gasteiger partial charge in [0.25, 0.3) is 5.91 Å². The predicted molar refractivity (Wildman–Crippen MR) is 144 cm³/mol. The van der Waals surface area contributed by atoms with E-state index in [0.717, 1.165) is 11.1 Å². The van der Waals surface area contributed by atoms with Gasteiger partial charge in [-0.1, -0.05) is 67.4 Å².